The minimum Gasteiger partial charge on any atom is -0.748 e. The van der Waals surface area contributed by atoms with Crippen LogP contribution < -0.4 is 29.6 Å². The molecule has 0 aromatic heterocycles. The Kier molecular flexibility index (Phi) is 12.0. The zero-order valence-electron chi connectivity index (χ0n) is 17.6. The number of hydrogen-bond acceptors (Lipinski definition) is 3. The Labute approximate surface area is 210 Å². The Balaban J connectivity index is 0. The van der Waals surface area contributed by atoms with Gasteiger partial charge in [-0.05, 0) is 6.42 Å². The normalized spacial score (nSPS) is 16.1. The van der Waals surface area contributed by atoms with E-state index in [1.807, 2.05) is 0 Å². The van der Waals surface area contributed by atoms with E-state index in [2.05, 4.69) is 0 Å². The first kappa shape index (κ1) is 37.0. The minimum absolute atomic E-state index is 0. The average molecular weight is 584 g/mol. The molecule has 35 heavy (non-hydrogen) atoms. The standard InChI is InChI=1S/C15H17F15O3S.Na/c1-2-3-4-5-6-7-8(34(31,32)33)9(16,17)10(18,19)11(20,21)12(22,23)13(24,25)14(26,27)15(28,29)30;/h8H,2-7H2,1H3,(H,31,32,33);/q;+1/p-1. The number of alkyl halides is 15. The first-order valence-corrected chi connectivity index (χ1v) is 10.4. The SMILES string of the molecule is CCCCCCCC(C(F)(F)C(F)(F)C(F)(F)C(F)(F)C(F)(F)C(F)(F)C(F)(F)F)S(=O)(=O)[O-].[Na+]. The predicted molar refractivity (Wildman–Crippen MR) is 82.6 cm³/mol. The second-order valence-electron chi connectivity index (χ2n) is 7.18. The predicted octanol–water partition coefficient (Wildman–Crippen LogP) is 3.64. The van der Waals surface area contributed by atoms with Crippen molar-refractivity contribution in [1.29, 1.82) is 0 Å². The number of unbranched alkanes of at least 4 members (excludes halogenated alkanes) is 4. The number of hydrogen-bond donors (Lipinski definition) is 0. The molecule has 0 N–H and O–H groups in total. The van der Waals surface area contributed by atoms with E-state index >= 15 is 0 Å². The molecule has 1 atom stereocenters. The van der Waals surface area contributed by atoms with Crippen molar-refractivity contribution >= 4 is 10.1 Å². The quantitative estimate of drug-likeness (QED) is 0.144. The van der Waals surface area contributed by atoms with Crippen LogP contribution >= 0.6 is 0 Å². The van der Waals surface area contributed by atoms with Gasteiger partial charge in [-0.3, -0.25) is 0 Å². The molecule has 0 heterocycles. The third-order valence-corrected chi connectivity index (χ3v) is 5.90. The van der Waals surface area contributed by atoms with E-state index in [1.165, 1.54) is 0 Å². The zero-order valence-corrected chi connectivity index (χ0v) is 20.4. The molecule has 3 nitrogen and oxygen atoms in total. The Morgan fingerprint density at radius 1 is 0.600 bits per heavy atom. The topological polar surface area (TPSA) is 57.2 Å². The monoisotopic (exact) mass is 584 g/mol. The van der Waals surface area contributed by atoms with Gasteiger partial charge in [0.2, 0.25) is 0 Å². The van der Waals surface area contributed by atoms with Crippen molar-refractivity contribution in [1.82, 2.24) is 0 Å². The van der Waals surface area contributed by atoms with Gasteiger partial charge < -0.3 is 4.55 Å². The molecule has 0 aliphatic carbocycles. The van der Waals surface area contributed by atoms with Crippen molar-refractivity contribution < 1.29 is 108 Å². The molecule has 20 heteroatoms. The average Bonchev–Trinajstić information content (AvgIpc) is 2.61. The number of rotatable bonds is 13. The van der Waals surface area contributed by atoms with Crippen molar-refractivity contribution in [2.24, 2.45) is 0 Å². The molecule has 0 aliphatic rings. The maximum atomic E-state index is 14.1. The summed E-state index contributed by atoms with van der Waals surface area (Å²) in [6, 6.07) is 0. The molecule has 0 saturated carbocycles. The van der Waals surface area contributed by atoms with Gasteiger partial charge in [-0.1, -0.05) is 39.0 Å². The van der Waals surface area contributed by atoms with Gasteiger partial charge in [0.1, 0.15) is 15.4 Å². The fourth-order valence-corrected chi connectivity index (χ4v) is 3.59. The van der Waals surface area contributed by atoms with Crippen molar-refractivity contribution in [2.45, 2.75) is 92.4 Å². The summed E-state index contributed by atoms with van der Waals surface area (Å²) in [6.45, 7) is 1.61. The summed E-state index contributed by atoms with van der Waals surface area (Å²) in [5, 5.41) is -4.45. The van der Waals surface area contributed by atoms with Crippen LogP contribution in [-0.2, 0) is 10.1 Å². The summed E-state index contributed by atoms with van der Waals surface area (Å²) >= 11 is 0. The fourth-order valence-electron chi connectivity index (χ4n) is 2.62. The van der Waals surface area contributed by atoms with E-state index in [0.29, 0.717) is 12.8 Å². The molecule has 0 aromatic carbocycles. The molecule has 0 radical (unpaired) electrons. The van der Waals surface area contributed by atoms with E-state index < -0.39 is 69.9 Å². The third-order valence-electron chi connectivity index (χ3n) is 4.67. The molecule has 1 unspecified atom stereocenters. The van der Waals surface area contributed by atoms with Gasteiger partial charge in [-0.15, -0.1) is 0 Å². The van der Waals surface area contributed by atoms with E-state index in [-0.39, 0.29) is 42.4 Å². The molecule has 0 amide bonds. The van der Waals surface area contributed by atoms with Crippen LogP contribution in [0.5, 0.6) is 0 Å². The summed E-state index contributed by atoms with van der Waals surface area (Å²) in [6.07, 6.45) is -9.82. The molecular weight excluding hydrogens is 568 g/mol. The van der Waals surface area contributed by atoms with E-state index in [1.54, 1.807) is 6.92 Å². The molecule has 0 aromatic rings. The van der Waals surface area contributed by atoms with Crippen molar-refractivity contribution in [3.63, 3.8) is 0 Å². The van der Waals surface area contributed by atoms with Gasteiger partial charge >= 0.3 is 71.3 Å². The first-order chi connectivity index (χ1) is 14.7. The second kappa shape index (κ2) is 11.3. The Bertz CT molecular complexity index is 796. The van der Waals surface area contributed by atoms with E-state index in [4.69, 9.17) is 0 Å². The summed E-state index contributed by atoms with van der Waals surface area (Å²) in [5.41, 5.74) is 0. The molecule has 0 rings (SSSR count). The molecule has 0 fully saturated rings. The Hall–Kier alpha value is -0.140. The zero-order chi connectivity index (χ0) is 27.8. The van der Waals surface area contributed by atoms with E-state index in [0.717, 1.165) is 0 Å². The minimum atomic E-state index is -8.54. The van der Waals surface area contributed by atoms with Gasteiger partial charge in [0.25, 0.3) is 0 Å². The van der Waals surface area contributed by atoms with Crippen LogP contribution in [0.1, 0.15) is 45.4 Å². The Morgan fingerprint density at radius 3 is 1.29 bits per heavy atom. The molecule has 206 valence electrons. The van der Waals surface area contributed by atoms with Gasteiger partial charge in [-0.2, -0.15) is 65.9 Å². The van der Waals surface area contributed by atoms with Crippen LogP contribution in [0.15, 0.2) is 0 Å². The molecular formula is C15H16F15NaO3S. The maximum Gasteiger partial charge on any atom is 1.00 e. The van der Waals surface area contributed by atoms with Gasteiger partial charge in [0, 0.05) is 0 Å². The summed E-state index contributed by atoms with van der Waals surface area (Å²) in [5.74, 6) is -48.7. The van der Waals surface area contributed by atoms with Crippen molar-refractivity contribution in [2.75, 3.05) is 0 Å². The van der Waals surface area contributed by atoms with Crippen molar-refractivity contribution in [3.8, 4) is 0 Å². The van der Waals surface area contributed by atoms with Crippen LogP contribution in [0.3, 0.4) is 0 Å². The fraction of sp³-hybridized carbons (Fsp3) is 1.00. The molecule has 0 aliphatic heterocycles. The third kappa shape index (κ3) is 6.47. The van der Waals surface area contributed by atoms with Crippen LogP contribution in [-0.4, -0.2) is 59.9 Å². The summed E-state index contributed by atoms with van der Waals surface area (Å²) in [4.78, 5) is 0. The van der Waals surface area contributed by atoms with Crippen LogP contribution in [0.2, 0.25) is 0 Å². The van der Waals surface area contributed by atoms with Gasteiger partial charge in [0.05, 0.1) is 0 Å². The molecule has 0 spiro atoms. The number of halogens is 15. The van der Waals surface area contributed by atoms with Gasteiger partial charge in [-0.25, -0.2) is 8.42 Å². The van der Waals surface area contributed by atoms with E-state index in [9.17, 15) is 78.8 Å². The summed E-state index contributed by atoms with van der Waals surface area (Å²) < 4.78 is 231. The smallest absolute Gasteiger partial charge is 0.748 e. The van der Waals surface area contributed by atoms with Crippen molar-refractivity contribution in [3.05, 3.63) is 0 Å². The van der Waals surface area contributed by atoms with Crippen LogP contribution in [0.4, 0.5) is 65.9 Å². The summed E-state index contributed by atoms with van der Waals surface area (Å²) in [7, 11) is -6.77. The molecule has 0 bridgehead atoms. The van der Waals surface area contributed by atoms with Crippen LogP contribution in [0.25, 0.3) is 0 Å². The Morgan fingerprint density at radius 2 is 0.943 bits per heavy atom. The van der Waals surface area contributed by atoms with Gasteiger partial charge in [0.15, 0.2) is 0 Å². The molecule has 0 saturated heterocycles. The second-order valence-corrected chi connectivity index (χ2v) is 8.73. The largest absolute Gasteiger partial charge is 1.00 e. The van der Waals surface area contributed by atoms with Crippen LogP contribution in [0, 0.1) is 0 Å². The maximum absolute atomic E-state index is 14.1. The first-order valence-electron chi connectivity index (χ1n) is 8.97.